The van der Waals surface area contributed by atoms with Crippen LogP contribution in [0.2, 0.25) is 0 Å². The number of carbonyl (C=O) groups is 1. The number of benzene rings is 1. The number of carbonyl (C=O) groups excluding carboxylic acids is 1. The van der Waals surface area contributed by atoms with Gasteiger partial charge in [0.1, 0.15) is 17.7 Å². The van der Waals surface area contributed by atoms with Gasteiger partial charge in [0, 0.05) is 30.4 Å². The van der Waals surface area contributed by atoms with E-state index in [1.165, 1.54) is 12.3 Å². The number of aromatic nitrogens is 1. The molecule has 0 bridgehead atoms. The molecule has 2 N–H and O–H groups in total. The van der Waals surface area contributed by atoms with Gasteiger partial charge in [-0.3, -0.25) is 4.79 Å². The summed E-state index contributed by atoms with van der Waals surface area (Å²) in [4.78, 5) is 12.3. The molecule has 130 valence electrons. The Kier molecular flexibility index (Phi) is 5.00. The number of hydrogen-bond acceptors (Lipinski definition) is 3. The molecule has 0 aliphatic heterocycles. The Hall–Kier alpha value is -2.86. The molecule has 25 heavy (non-hydrogen) atoms. The number of amides is 1. The molecule has 1 aromatic carbocycles. The molecule has 2 heterocycles. The fourth-order valence-corrected chi connectivity index (χ4v) is 2.65. The molecule has 2 unspecified atom stereocenters. The van der Waals surface area contributed by atoms with Gasteiger partial charge in [-0.25, -0.2) is 4.39 Å². The number of aliphatic hydroxyl groups excluding tert-OH is 1. The van der Waals surface area contributed by atoms with E-state index in [4.69, 9.17) is 4.42 Å². The first-order chi connectivity index (χ1) is 12.0. The summed E-state index contributed by atoms with van der Waals surface area (Å²) in [5.74, 6) is -0.424. The molecule has 0 saturated heterocycles. The highest BCUT2D eigenvalue weighted by Gasteiger charge is 2.18. The van der Waals surface area contributed by atoms with Gasteiger partial charge < -0.3 is 19.4 Å². The lowest BCUT2D eigenvalue weighted by Crippen LogP contribution is -2.33. The fourth-order valence-electron chi connectivity index (χ4n) is 2.65. The molecule has 2 aromatic heterocycles. The molecule has 0 aliphatic carbocycles. The summed E-state index contributed by atoms with van der Waals surface area (Å²) >= 11 is 0. The summed E-state index contributed by atoms with van der Waals surface area (Å²) < 4.78 is 21.0. The highest BCUT2D eigenvalue weighted by atomic mass is 19.1. The summed E-state index contributed by atoms with van der Waals surface area (Å²) in [7, 11) is 0. The normalized spacial score (nSPS) is 13.4. The predicted octanol–water partition coefficient (Wildman–Crippen LogP) is 3.45. The zero-order chi connectivity index (χ0) is 17.8. The lowest BCUT2D eigenvalue weighted by Gasteiger charge is -2.17. The maximum Gasteiger partial charge on any atom is 0.251 e. The third-order valence-corrected chi connectivity index (χ3v) is 3.92. The largest absolute Gasteiger partial charge is 0.467 e. The topological polar surface area (TPSA) is 67.4 Å². The molecule has 0 spiro atoms. The summed E-state index contributed by atoms with van der Waals surface area (Å²) in [6.45, 7) is 1.77. The van der Waals surface area contributed by atoms with Crippen LogP contribution >= 0.6 is 0 Å². The first-order valence-electron chi connectivity index (χ1n) is 8.00. The number of hydrogen-bond donors (Lipinski definition) is 2. The third kappa shape index (κ3) is 3.97. The van der Waals surface area contributed by atoms with E-state index in [1.54, 1.807) is 60.3 Å². The van der Waals surface area contributed by atoms with Crippen molar-refractivity contribution in [1.29, 1.82) is 0 Å². The van der Waals surface area contributed by atoms with E-state index >= 15 is 0 Å². The summed E-state index contributed by atoms with van der Waals surface area (Å²) in [5.41, 5.74) is 0.607. The average molecular weight is 342 g/mol. The van der Waals surface area contributed by atoms with Gasteiger partial charge in [-0.2, -0.15) is 0 Å². The van der Waals surface area contributed by atoms with Gasteiger partial charge in [0.05, 0.1) is 12.0 Å². The van der Waals surface area contributed by atoms with Crippen LogP contribution in [0.4, 0.5) is 4.39 Å². The van der Waals surface area contributed by atoms with Crippen molar-refractivity contribution >= 4 is 5.91 Å². The van der Waals surface area contributed by atoms with Gasteiger partial charge in [0.25, 0.3) is 5.91 Å². The van der Waals surface area contributed by atoms with E-state index in [9.17, 15) is 14.3 Å². The van der Waals surface area contributed by atoms with Crippen LogP contribution in [0.1, 0.15) is 35.6 Å². The second-order valence-corrected chi connectivity index (χ2v) is 5.90. The van der Waals surface area contributed by atoms with Crippen LogP contribution in [0.3, 0.4) is 0 Å². The second kappa shape index (κ2) is 7.36. The Morgan fingerprint density at radius 1 is 1.28 bits per heavy atom. The number of nitrogens with one attached hydrogen (secondary N) is 1. The molecule has 2 atom stereocenters. The van der Waals surface area contributed by atoms with E-state index in [-0.39, 0.29) is 11.6 Å². The minimum Gasteiger partial charge on any atom is -0.467 e. The van der Waals surface area contributed by atoms with Crippen molar-refractivity contribution in [1.82, 2.24) is 9.88 Å². The zero-order valence-electron chi connectivity index (χ0n) is 13.7. The number of furan rings is 1. The average Bonchev–Trinajstić information content (AvgIpc) is 3.28. The molecule has 3 rings (SSSR count). The molecular formula is C19H19FN2O3. The maximum atomic E-state index is 14.3. The molecule has 0 fully saturated rings. The van der Waals surface area contributed by atoms with Crippen LogP contribution in [-0.2, 0) is 0 Å². The number of nitrogens with zero attached hydrogens (tertiary/aromatic N) is 1. The van der Waals surface area contributed by atoms with Gasteiger partial charge in [-0.05, 0) is 49.4 Å². The van der Waals surface area contributed by atoms with E-state index in [1.807, 2.05) is 0 Å². The van der Waals surface area contributed by atoms with E-state index in [2.05, 4.69) is 5.32 Å². The lowest BCUT2D eigenvalue weighted by molar-refractivity contribution is 0.0902. The summed E-state index contributed by atoms with van der Waals surface area (Å²) in [6, 6.07) is 11.0. The van der Waals surface area contributed by atoms with E-state index in [0.717, 1.165) is 0 Å². The van der Waals surface area contributed by atoms with Crippen LogP contribution < -0.4 is 5.32 Å². The van der Waals surface area contributed by atoms with Crippen LogP contribution in [0.15, 0.2) is 65.5 Å². The lowest BCUT2D eigenvalue weighted by atomic mass is 10.1. The van der Waals surface area contributed by atoms with Gasteiger partial charge in [-0.15, -0.1) is 0 Å². The Balaban J connectivity index is 1.64. The van der Waals surface area contributed by atoms with E-state index in [0.29, 0.717) is 17.9 Å². The van der Waals surface area contributed by atoms with Crippen LogP contribution in [-0.4, -0.2) is 21.6 Å². The first kappa shape index (κ1) is 17.0. The number of halogens is 1. The van der Waals surface area contributed by atoms with Crippen molar-refractivity contribution in [2.75, 3.05) is 0 Å². The molecule has 0 saturated carbocycles. The fraction of sp³-hybridized carbons (Fsp3) is 0.211. The highest BCUT2D eigenvalue weighted by Crippen LogP contribution is 2.19. The summed E-state index contributed by atoms with van der Waals surface area (Å²) in [6.07, 6.45) is 4.44. The Bertz CT molecular complexity index is 828. The molecule has 3 aromatic rings. The minimum atomic E-state index is -0.807. The second-order valence-electron chi connectivity index (χ2n) is 5.90. The van der Waals surface area contributed by atoms with Gasteiger partial charge in [-0.1, -0.05) is 0 Å². The highest BCUT2D eigenvalue weighted by molar-refractivity contribution is 5.94. The minimum absolute atomic E-state index is 0.229. The Morgan fingerprint density at radius 3 is 2.68 bits per heavy atom. The van der Waals surface area contributed by atoms with Crippen molar-refractivity contribution in [3.05, 3.63) is 78.3 Å². The van der Waals surface area contributed by atoms with Crippen LogP contribution in [0.5, 0.6) is 0 Å². The quantitative estimate of drug-likeness (QED) is 0.721. The SMILES string of the molecule is CC(CC(O)c1ccco1)NC(=O)c1ccc(-n2cccc2)c(F)c1. The maximum absolute atomic E-state index is 14.3. The molecule has 0 radical (unpaired) electrons. The first-order valence-corrected chi connectivity index (χ1v) is 8.00. The standard InChI is InChI=1S/C19H19FN2O3/c1-13(11-17(23)18-5-4-10-25-18)21-19(24)14-6-7-16(15(20)12-14)22-8-2-3-9-22/h2-10,12-13,17,23H,11H2,1H3,(H,21,24). The van der Waals surface area contributed by atoms with Gasteiger partial charge in [0.2, 0.25) is 0 Å². The predicted molar refractivity (Wildman–Crippen MR) is 90.9 cm³/mol. The van der Waals surface area contributed by atoms with Crippen molar-refractivity contribution in [2.24, 2.45) is 0 Å². The molecule has 0 aliphatic rings. The van der Waals surface area contributed by atoms with Crippen molar-refractivity contribution in [2.45, 2.75) is 25.5 Å². The van der Waals surface area contributed by atoms with Gasteiger partial charge in [0.15, 0.2) is 0 Å². The monoisotopic (exact) mass is 342 g/mol. The molecule has 6 heteroatoms. The smallest absolute Gasteiger partial charge is 0.251 e. The zero-order valence-corrected chi connectivity index (χ0v) is 13.7. The van der Waals surface area contributed by atoms with Crippen LogP contribution in [0, 0.1) is 5.82 Å². The molecule has 5 nitrogen and oxygen atoms in total. The van der Waals surface area contributed by atoms with Crippen LogP contribution in [0.25, 0.3) is 5.69 Å². The van der Waals surface area contributed by atoms with Gasteiger partial charge >= 0.3 is 0 Å². The van der Waals surface area contributed by atoms with E-state index < -0.39 is 17.8 Å². The Labute approximate surface area is 144 Å². The molecular weight excluding hydrogens is 323 g/mol. The Morgan fingerprint density at radius 2 is 2.04 bits per heavy atom. The van der Waals surface area contributed by atoms with Crippen molar-refractivity contribution in [3.63, 3.8) is 0 Å². The number of rotatable bonds is 6. The number of aliphatic hydroxyl groups is 1. The van der Waals surface area contributed by atoms with Crippen molar-refractivity contribution in [3.8, 4) is 5.69 Å². The third-order valence-electron chi connectivity index (χ3n) is 3.92. The summed E-state index contributed by atoms with van der Waals surface area (Å²) in [5, 5.41) is 12.8. The van der Waals surface area contributed by atoms with Crippen molar-refractivity contribution < 1.29 is 18.7 Å². The molecule has 1 amide bonds.